The summed E-state index contributed by atoms with van der Waals surface area (Å²) < 4.78 is 0. The van der Waals surface area contributed by atoms with Crippen molar-refractivity contribution in [2.45, 2.75) is 25.2 Å². The Morgan fingerprint density at radius 3 is 2.20 bits per heavy atom. The van der Waals surface area contributed by atoms with Crippen LogP contribution in [-0.4, -0.2) is 30.1 Å². The number of phenols is 1. The SMILES string of the molecule is CN1CCC(C)(c2ccc(O)cc2)CC1. The molecule has 2 nitrogen and oxygen atoms in total. The molecule has 0 amide bonds. The summed E-state index contributed by atoms with van der Waals surface area (Å²) in [6, 6.07) is 7.69. The average molecular weight is 205 g/mol. The van der Waals surface area contributed by atoms with Crippen molar-refractivity contribution in [3.05, 3.63) is 29.8 Å². The minimum atomic E-state index is 0.292. The minimum absolute atomic E-state index is 0.292. The lowest BCUT2D eigenvalue weighted by Gasteiger charge is -2.38. The number of benzene rings is 1. The maximum atomic E-state index is 9.27. The highest BCUT2D eigenvalue weighted by atomic mass is 16.3. The molecule has 0 aliphatic carbocycles. The van der Waals surface area contributed by atoms with Crippen molar-refractivity contribution >= 4 is 0 Å². The smallest absolute Gasteiger partial charge is 0.115 e. The third-order valence-electron chi connectivity index (χ3n) is 3.65. The van der Waals surface area contributed by atoms with Gasteiger partial charge >= 0.3 is 0 Å². The molecule has 1 saturated heterocycles. The molecule has 0 radical (unpaired) electrons. The molecule has 2 rings (SSSR count). The van der Waals surface area contributed by atoms with Gasteiger partial charge in [-0.05, 0) is 56.1 Å². The quantitative estimate of drug-likeness (QED) is 0.761. The summed E-state index contributed by atoms with van der Waals surface area (Å²) in [4.78, 5) is 2.38. The van der Waals surface area contributed by atoms with Crippen LogP contribution in [0.4, 0.5) is 0 Å². The lowest BCUT2D eigenvalue weighted by atomic mass is 9.75. The molecular weight excluding hydrogens is 186 g/mol. The predicted molar refractivity (Wildman–Crippen MR) is 62.2 cm³/mol. The van der Waals surface area contributed by atoms with E-state index in [0.29, 0.717) is 11.2 Å². The maximum absolute atomic E-state index is 9.27. The Morgan fingerprint density at radius 1 is 1.13 bits per heavy atom. The van der Waals surface area contributed by atoms with Crippen LogP contribution in [0.1, 0.15) is 25.3 Å². The molecule has 1 heterocycles. The molecule has 0 saturated carbocycles. The molecule has 1 aromatic carbocycles. The fraction of sp³-hybridized carbons (Fsp3) is 0.538. The molecule has 15 heavy (non-hydrogen) atoms. The van der Waals surface area contributed by atoms with Crippen LogP contribution in [0.5, 0.6) is 5.75 Å². The van der Waals surface area contributed by atoms with Gasteiger partial charge in [0, 0.05) is 0 Å². The van der Waals surface area contributed by atoms with Gasteiger partial charge < -0.3 is 10.0 Å². The van der Waals surface area contributed by atoms with Gasteiger partial charge in [0.2, 0.25) is 0 Å². The van der Waals surface area contributed by atoms with E-state index in [1.54, 1.807) is 12.1 Å². The van der Waals surface area contributed by atoms with Crippen molar-refractivity contribution in [3.8, 4) is 5.75 Å². The molecule has 1 aliphatic rings. The van der Waals surface area contributed by atoms with Gasteiger partial charge in [0.1, 0.15) is 5.75 Å². The molecule has 1 fully saturated rings. The van der Waals surface area contributed by atoms with Gasteiger partial charge in [-0.15, -0.1) is 0 Å². The predicted octanol–water partition coefficient (Wildman–Crippen LogP) is 2.38. The second-order valence-electron chi connectivity index (χ2n) is 4.91. The van der Waals surface area contributed by atoms with Gasteiger partial charge in [-0.2, -0.15) is 0 Å². The Morgan fingerprint density at radius 2 is 1.67 bits per heavy atom. The third-order valence-corrected chi connectivity index (χ3v) is 3.65. The van der Waals surface area contributed by atoms with Gasteiger partial charge in [-0.25, -0.2) is 0 Å². The van der Waals surface area contributed by atoms with Crippen molar-refractivity contribution < 1.29 is 5.11 Å². The zero-order chi connectivity index (χ0) is 10.9. The number of aromatic hydroxyl groups is 1. The third kappa shape index (κ3) is 2.15. The van der Waals surface area contributed by atoms with E-state index in [4.69, 9.17) is 0 Å². The molecular formula is C13H19NO. The molecule has 82 valence electrons. The van der Waals surface area contributed by atoms with Crippen molar-refractivity contribution in [1.29, 1.82) is 0 Å². The lowest BCUT2D eigenvalue weighted by Crippen LogP contribution is -2.38. The summed E-state index contributed by atoms with van der Waals surface area (Å²) in [6.45, 7) is 4.65. The van der Waals surface area contributed by atoms with Crippen LogP contribution in [0, 0.1) is 0 Å². The zero-order valence-corrected chi connectivity index (χ0v) is 9.53. The highest BCUT2D eigenvalue weighted by Gasteiger charge is 2.30. The van der Waals surface area contributed by atoms with Crippen LogP contribution < -0.4 is 0 Å². The van der Waals surface area contributed by atoms with Gasteiger partial charge in [-0.3, -0.25) is 0 Å². The Labute approximate surface area is 91.5 Å². The van der Waals surface area contributed by atoms with E-state index in [0.717, 1.165) is 13.1 Å². The second-order valence-corrected chi connectivity index (χ2v) is 4.91. The van der Waals surface area contributed by atoms with E-state index in [2.05, 4.69) is 31.0 Å². The van der Waals surface area contributed by atoms with E-state index < -0.39 is 0 Å². The molecule has 0 bridgehead atoms. The molecule has 0 spiro atoms. The van der Waals surface area contributed by atoms with Gasteiger partial charge in [0.15, 0.2) is 0 Å². The summed E-state index contributed by atoms with van der Waals surface area (Å²) >= 11 is 0. The normalized spacial score (nSPS) is 21.5. The molecule has 1 aliphatic heterocycles. The summed E-state index contributed by atoms with van der Waals surface area (Å²) in [5.41, 5.74) is 1.65. The lowest BCUT2D eigenvalue weighted by molar-refractivity contribution is 0.200. The number of hydrogen-bond acceptors (Lipinski definition) is 2. The first kappa shape index (κ1) is 10.5. The minimum Gasteiger partial charge on any atom is -0.508 e. The van der Waals surface area contributed by atoms with Crippen molar-refractivity contribution in [3.63, 3.8) is 0 Å². The highest BCUT2D eigenvalue weighted by molar-refractivity contribution is 5.31. The van der Waals surface area contributed by atoms with Gasteiger partial charge in [-0.1, -0.05) is 19.1 Å². The van der Waals surface area contributed by atoms with Crippen molar-refractivity contribution in [2.24, 2.45) is 0 Å². The van der Waals surface area contributed by atoms with E-state index >= 15 is 0 Å². The molecule has 0 aromatic heterocycles. The highest BCUT2D eigenvalue weighted by Crippen LogP contribution is 2.35. The maximum Gasteiger partial charge on any atom is 0.115 e. The van der Waals surface area contributed by atoms with E-state index in [9.17, 15) is 5.11 Å². The van der Waals surface area contributed by atoms with E-state index in [1.165, 1.54) is 18.4 Å². The van der Waals surface area contributed by atoms with Crippen LogP contribution in [0.25, 0.3) is 0 Å². The molecule has 2 heteroatoms. The van der Waals surface area contributed by atoms with Crippen LogP contribution in [0.2, 0.25) is 0 Å². The zero-order valence-electron chi connectivity index (χ0n) is 9.53. The van der Waals surface area contributed by atoms with Gasteiger partial charge in [0.05, 0.1) is 0 Å². The topological polar surface area (TPSA) is 23.5 Å². The van der Waals surface area contributed by atoms with Crippen LogP contribution in [0.15, 0.2) is 24.3 Å². The summed E-state index contributed by atoms with van der Waals surface area (Å²) in [6.07, 6.45) is 2.41. The summed E-state index contributed by atoms with van der Waals surface area (Å²) in [5, 5.41) is 9.27. The van der Waals surface area contributed by atoms with Crippen molar-refractivity contribution in [2.75, 3.05) is 20.1 Å². The summed E-state index contributed by atoms with van der Waals surface area (Å²) in [5.74, 6) is 0.357. The second kappa shape index (κ2) is 3.86. The molecule has 1 N–H and O–H groups in total. The van der Waals surface area contributed by atoms with E-state index in [1.807, 2.05) is 0 Å². The molecule has 0 unspecified atom stereocenters. The van der Waals surface area contributed by atoms with Crippen LogP contribution in [-0.2, 0) is 5.41 Å². The number of hydrogen-bond donors (Lipinski definition) is 1. The molecule has 1 aromatic rings. The Bertz CT molecular complexity index is 323. The Hall–Kier alpha value is -1.02. The first-order valence-electron chi connectivity index (χ1n) is 5.58. The number of nitrogens with zero attached hydrogens (tertiary/aromatic N) is 1. The Kier molecular flexibility index (Phi) is 2.70. The fourth-order valence-corrected chi connectivity index (χ4v) is 2.26. The van der Waals surface area contributed by atoms with Gasteiger partial charge in [0.25, 0.3) is 0 Å². The largest absolute Gasteiger partial charge is 0.508 e. The number of likely N-dealkylation sites (tertiary alicyclic amines) is 1. The first-order chi connectivity index (χ1) is 7.10. The average Bonchev–Trinajstić information content (AvgIpc) is 2.24. The monoisotopic (exact) mass is 205 g/mol. The Balaban J connectivity index is 2.18. The summed E-state index contributed by atoms with van der Waals surface area (Å²) in [7, 11) is 2.18. The van der Waals surface area contributed by atoms with Crippen molar-refractivity contribution in [1.82, 2.24) is 4.90 Å². The van der Waals surface area contributed by atoms with E-state index in [-0.39, 0.29) is 0 Å². The van der Waals surface area contributed by atoms with Crippen LogP contribution in [0.3, 0.4) is 0 Å². The number of piperidine rings is 1. The number of rotatable bonds is 1. The fourth-order valence-electron chi connectivity index (χ4n) is 2.26. The standard InChI is InChI=1S/C13H19NO/c1-13(7-9-14(2)10-8-13)11-3-5-12(15)6-4-11/h3-6,15H,7-10H2,1-2H3. The number of phenolic OH excluding ortho intramolecular Hbond substituents is 1. The molecule has 0 atom stereocenters. The van der Waals surface area contributed by atoms with Crippen LogP contribution >= 0.6 is 0 Å². The first-order valence-corrected chi connectivity index (χ1v) is 5.58.